The van der Waals surface area contributed by atoms with Gasteiger partial charge in [-0.1, -0.05) is 12.8 Å². The Kier molecular flexibility index (Phi) is 3.28. The molecule has 0 bridgehead atoms. The summed E-state index contributed by atoms with van der Waals surface area (Å²) in [5, 5.41) is 3.01. The molecule has 1 aliphatic carbocycles. The molecule has 1 aliphatic heterocycles. The van der Waals surface area contributed by atoms with Crippen LogP contribution in [-0.2, 0) is 4.79 Å². The molecule has 2 aliphatic rings. The molecule has 1 saturated carbocycles. The number of furan rings is 1. The molecule has 3 rings (SSSR count). The molecule has 2 amide bonds. The number of aryl methyl sites for hydroxylation is 2. The van der Waals surface area contributed by atoms with E-state index in [1.54, 1.807) is 4.90 Å². The maximum atomic E-state index is 12.7. The van der Waals surface area contributed by atoms with Gasteiger partial charge in [-0.25, -0.2) is 0 Å². The van der Waals surface area contributed by atoms with Crippen molar-refractivity contribution in [1.29, 1.82) is 0 Å². The number of nitrogens with one attached hydrogen (secondary N) is 1. The summed E-state index contributed by atoms with van der Waals surface area (Å²) < 4.78 is 5.52. The molecule has 5 nitrogen and oxygen atoms in total. The molecule has 1 N–H and O–H groups in total. The second-order valence-electron chi connectivity index (χ2n) is 5.83. The predicted octanol–water partition coefficient (Wildman–Crippen LogP) is 1.78. The first-order valence-corrected chi connectivity index (χ1v) is 7.23. The van der Waals surface area contributed by atoms with Crippen molar-refractivity contribution < 1.29 is 14.0 Å². The lowest BCUT2D eigenvalue weighted by molar-refractivity contribution is -0.127. The largest absolute Gasteiger partial charge is 0.456 e. The van der Waals surface area contributed by atoms with E-state index >= 15 is 0 Å². The zero-order valence-corrected chi connectivity index (χ0v) is 11.9. The van der Waals surface area contributed by atoms with Crippen LogP contribution in [0.1, 0.15) is 47.6 Å². The summed E-state index contributed by atoms with van der Waals surface area (Å²) in [4.78, 5) is 26.2. The summed E-state index contributed by atoms with van der Waals surface area (Å²) >= 11 is 0. The van der Waals surface area contributed by atoms with Crippen molar-refractivity contribution >= 4 is 11.8 Å². The molecule has 108 valence electrons. The first-order valence-electron chi connectivity index (χ1n) is 7.23. The molecule has 0 spiro atoms. The van der Waals surface area contributed by atoms with Crippen LogP contribution in [0, 0.1) is 13.8 Å². The molecular weight excluding hydrogens is 256 g/mol. The fourth-order valence-electron chi connectivity index (χ4n) is 3.38. The standard InChI is InChI=1S/C15H20N2O3/c1-9-7-10(2)20-14(9)15(19)17-8-13(18)16-11-5-3-4-6-12(11)17/h7,11-12H,3-6,8H2,1-2H3,(H,16,18). The molecule has 2 unspecified atom stereocenters. The van der Waals surface area contributed by atoms with Crippen molar-refractivity contribution in [2.75, 3.05) is 6.54 Å². The van der Waals surface area contributed by atoms with Gasteiger partial charge in [-0.2, -0.15) is 0 Å². The summed E-state index contributed by atoms with van der Waals surface area (Å²) in [5.41, 5.74) is 0.839. The number of carbonyl (C=O) groups is 2. The molecule has 1 aromatic rings. The zero-order valence-electron chi connectivity index (χ0n) is 11.9. The number of hydrogen-bond acceptors (Lipinski definition) is 3. The zero-order chi connectivity index (χ0) is 14.3. The third-order valence-corrected chi connectivity index (χ3v) is 4.29. The van der Waals surface area contributed by atoms with Crippen molar-refractivity contribution in [1.82, 2.24) is 10.2 Å². The lowest BCUT2D eigenvalue weighted by Gasteiger charge is -2.43. The number of rotatable bonds is 1. The normalized spacial score (nSPS) is 26.1. The molecule has 2 heterocycles. The molecular formula is C15H20N2O3. The SMILES string of the molecule is Cc1cc(C)c(C(=O)N2CC(=O)NC3CCCCC32)o1. The van der Waals surface area contributed by atoms with Gasteiger partial charge in [0.1, 0.15) is 12.3 Å². The highest BCUT2D eigenvalue weighted by Crippen LogP contribution is 2.28. The van der Waals surface area contributed by atoms with Crippen molar-refractivity contribution in [2.24, 2.45) is 0 Å². The van der Waals surface area contributed by atoms with E-state index < -0.39 is 0 Å². The third kappa shape index (κ3) is 2.21. The Morgan fingerprint density at radius 1 is 1.35 bits per heavy atom. The minimum Gasteiger partial charge on any atom is -0.456 e. The van der Waals surface area contributed by atoms with E-state index in [2.05, 4.69) is 5.32 Å². The molecule has 2 fully saturated rings. The Morgan fingerprint density at radius 3 is 2.80 bits per heavy atom. The molecule has 2 atom stereocenters. The first-order chi connectivity index (χ1) is 9.56. The van der Waals surface area contributed by atoms with Crippen LogP contribution in [-0.4, -0.2) is 35.3 Å². The van der Waals surface area contributed by atoms with E-state index in [1.165, 1.54) is 0 Å². The lowest BCUT2D eigenvalue weighted by Crippen LogP contribution is -2.62. The van der Waals surface area contributed by atoms with Crippen molar-refractivity contribution in [3.05, 3.63) is 23.2 Å². The van der Waals surface area contributed by atoms with Crippen LogP contribution in [0.25, 0.3) is 0 Å². The number of hydrogen-bond donors (Lipinski definition) is 1. The second-order valence-corrected chi connectivity index (χ2v) is 5.83. The molecule has 0 radical (unpaired) electrons. The topological polar surface area (TPSA) is 62.6 Å². The quantitative estimate of drug-likeness (QED) is 0.850. The van der Waals surface area contributed by atoms with Gasteiger partial charge in [-0.05, 0) is 32.8 Å². The van der Waals surface area contributed by atoms with Gasteiger partial charge in [0.05, 0.1) is 6.04 Å². The molecule has 0 aromatic carbocycles. The Balaban J connectivity index is 1.88. The minimum atomic E-state index is -0.151. The van der Waals surface area contributed by atoms with E-state index in [-0.39, 0.29) is 30.4 Å². The summed E-state index contributed by atoms with van der Waals surface area (Å²) in [7, 11) is 0. The Morgan fingerprint density at radius 2 is 2.10 bits per heavy atom. The third-order valence-electron chi connectivity index (χ3n) is 4.29. The number of fused-ring (bicyclic) bond motifs is 1. The van der Waals surface area contributed by atoms with Gasteiger partial charge in [-0.15, -0.1) is 0 Å². The average Bonchev–Trinajstić information content (AvgIpc) is 2.76. The number of piperazine rings is 1. The summed E-state index contributed by atoms with van der Waals surface area (Å²) in [6.45, 7) is 3.83. The van der Waals surface area contributed by atoms with Crippen LogP contribution in [0.2, 0.25) is 0 Å². The maximum Gasteiger partial charge on any atom is 0.290 e. The van der Waals surface area contributed by atoms with Crippen LogP contribution in [0.5, 0.6) is 0 Å². The van der Waals surface area contributed by atoms with Gasteiger partial charge in [0.25, 0.3) is 5.91 Å². The van der Waals surface area contributed by atoms with E-state index in [0.717, 1.165) is 37.0 Å². The van der Waals surface area contributed by atoms with E-state index in [4.69, 9.17) is 4.42 Å². The number of amides is 2. The fraction of sp³-hybridized carbons (Fsp3) is 0.600. The monoisotopic (exact) mass is 276 g/mol. The highest BCUT2D eigenvalue weighted by molar-refractivity contribution is 5.96. The maximum absolute atomic E-state index is 12.7. The molecule has 1 aromatic heterocycles. The van der Waals surface area contributed by atoms with E-state index in [9.17, 15) is 9.59 Å². The summed E-state index contributed by atoms with van der Waals surface area (Å²) in [5.74, 6) is 0.888. The Hall–Kier alpha value is -1.78. The minimum absolute atomic E-state index is 0.0672. The predicted molar refractivity (Wildman–Crippen MR) is 73.4 cm³/mol. The lowest BCUT2D eigenvalue weighted by atomic mass is 9.87. The highest BCUT2D eigenvalue weighted by Gasteiger charge is 2.40. The Bertz CT molecular complexity index is 549. The van der Waals surface area contributed by atoms with Gasteiger partial charge in [-0.3, -0.25) is 9.59 Å². The van der Waals surface area contributed by atoms with Gasteiger partial charge < -0.3 is 14.6 Å². The van der Waals surface area contributed by atoms with Crippen molar-refractivity contribution in [3.63, 3.8) is 0 Å². The number of nitrogens with zero attached hydrogens (tertiary/aromatic N) is 1. The number of carbonyl (C=O) groups excluding carboxylic acids is 2. The average molecular weight is 276 g/mol. The van der Waals surface area contributed by atoms with Crippen LogP contribution in [0.4, 0.5) is 0 Å². The van der Waals surface area contributed by atoms with Gasteiger partial charge in [0.2, 0.25) is 5.91 Å². The first kappa shape index (κ1) is 13.2. The Labute approximate surface area is 118 Å². The van der Waals surface area contributed by atoms with Crippen LogP contribution >= 0.6 is 0 Å². The highest BCUT2D eigenvalue weighted by atomic mass is 16.4. The van der Waals surface area contributed by atoms with Gasteiger partial charge in [0.15, 0.2) is 5.76 Å². The van der Waals surface area contributed by atoms with E-state index in [1.807, 2.05) is 19.9 Å². The molecule has 5 heteroatoms. The smallest absolute Gasteiger partial charge is 0.290 e. The van der Waals surface area contributed by atoms with Gasteiger partial charge in [0, 0.05) is 11.6 Å². The second kappa shape index (κ2) is 4.96. The van der Waals surface area contributed by atoms with Gasteiger partial charge >= 0.3 is 0 Å². The van der Waals surface area contributed by atoms with Crippen LogP contribution in [0.15, 0.2) is 10.5 Å². The molecule has 20 heavy (non-hydrogen) atoms. The van der Waals surface area contributed by atoms with Crippen molar-refractivity contribution in [2.45, 2.75) is 51.6 Å². The summed E-state index contributed by atoms with van der Waals surface area (Å²) in [6.07, 6.45) is 4.13. The van der Waals surface area contributed by atoms with Crippen LogP contribution < -0.4 is 5.32 Å². The van der Waals surface area contributed by atoms with Crippen molar-refractivity contribution in [3.8, 4) is 0 Å². The van der Waals surface area contributed by atoms with Crippen LogP contribution in [0.3, 0.4) is 0 Å². The fourth-order valence-corrected chi connectivity index (χ4v) is 3.38. The summed E-state index contributed by atoms with van der Waals surface area (Å²) in [6, 6.07) is 2.07. The molecule has 1 saturated heterocycles. The van der Waals surface area contributed by atoms with E-state index in [0.29, 0.717) is 5.76 Å².